The molecule has 0 saturated heterocycles. The molecule has 0 aliphatic heterocycles. The highest BCUT2D eigenvalue weighted by atomic mass is 79.9. The lowest BCUT2D eigenvalue weighted by atomic mass is 10.2. The van der Waals surface area contributed by atoms with E-state index in [0.717, 1.165) is 4.47 Å². The fourth-order valence-electron chi connectivity index (χ4n) is 2.21. The van der Waals surface area contributed by atoms with Crippen molar-refractivity contribution in [1.82, 2.24) is 9.55 Å². The fourth-order valence-corrected chi connectivity index (χ4v) is 2.74. The third kappa shape index (κ3) is 2.41. The van der Waals surface area contributed by atoms with Gasteiger partial charge in [0.25, 0.3) is 0 Å². The van der Waals surface area contributed by atoms with Crippen molar-refractivity contribution in [3.63, 3.8) is 0 Å². The van der Waals surface area contributed by atoms with Gasteiger partial charge in [-0.3, -0.25) is 4.57 Å². The van der Waals surface area contributed by atoms with Crippen molar-refractivity contribution in [3.05, 3.63) is 58.1 Å². The van der Waals surface area contributed by atoms with E-state index in [1.54, 1.807) is 34.9 Å². The number of hydrogen-bond acceptors (Lipinski definition) is 2. The summed E-state index contributed by atoms with van der Waals surface area (Å²) < 4.78 is 16.6. The lowest BCUT2D eigenvalue weighted by Gasteiger charge is -2.09. The predicted molar refractivity (Wildman–Crippen MR) is 83.0 cm³/mol. The van der Waals surface area contributed by atoms with Crippen molar-refractivity contribution >= 4 is 38.6 Å². The normalized spacial score (nSPS) is 10.8. The van der Waals surface area contributed by atoms with Crippen LogP contribution in [-0.2, 0) is 5.88 Å². The zero-order chi connectivity index (χ0) is 15.0. The molecule has 0 bridgehead atoms. The van der Waals surface area contributed by atoms with Gasteiger partial charge >= 0.3 is 0 Å². The van der Waals surface area contributed by atoms with Gasteiger partial charge in [-0.25, -0.2) is 9.37 Å². The molecule has 0 aliphatic rings. The SMILES string of the molecule is N#Cc1ccc2nc(CCl)n(-c3cc(Br)ccc3F)c2c1. The van der Waals surface area contributed by atoms with Gasteiger partial charge in [0, 0.05) is 4.47 Å². The van der Waals surface area contributed by atoms with Gasteiger partial charge in [0.15, 0.2) is 0 Å². The first-order valence-electron chi connectivity index (χ1n) is 6.07. The Bertz CT molecular complexity index is 882. The number of hydrogen-bond donors (Lipinski definition) is 0. The summed E-state index contributed by atoms with van der Waals surface area (Å²) in [6.07, 6.45) is 0. The monoisotopic (exact) mass is 363 g/mol. The Kier molecular flexibility index (Phi) is 3.66. The number of imidazole rings is 1. The molecule has 3 aromatic rings. The van der Waals surface area contributed by atoms with E-state index in [1.807, 2.05) is 0 Å². The fraction of sp³-hybridized carbons (Fsp3) is 0.0667. The first-order valence-corrected chi connectivity index (χ1v) is 7.39. The van der Waals surface area contributed by atoms with Crippen molar-refractivity contribution in [2.45, 2.75) is 5.88 Å². The highest BCUT2D eigenvalue weighted by Crippen LogP contribution is 2.27. The number of alkyl halides is 1. The van der Waals surface area contributed by atoms with Gasteiger partial charge < -0.3 is 0 Å². The smallest absolute Gasteiger partial charge is 0.147 e. The average molecular weight is 365 g/mol. The van der Waals surface area contributed by atoms with Crippen LogP contribution in [-0.4, -0.2) is 9.55 Å². The quantitative estimate of drug-likeness (QED) is 0.627. The molecule has 0 N–H and O–H groups in total. The van der Waals surface area contributed by atoms with Crippen molar-refractivity contribution in [3.8, 4) is 11.8 Å². The van der Waals surface area contributed by atoms with Crippen molar-refractivity contribution < 1.29 is 4.39 Å². The number of fused-ring (bicyclic) bond motifs is 1. The van der Waals surface area contributed by atoms with Gasteiger partial charge in [-0.1, -0.05) is 15.9 Å². The molecule has 21 heavy (non-hydrogen) atoms. The second-order valence-corrected chi connectivity index (χ2v) is 5.59. The molecule has 0 radical (unpaired) electrons. The Morgan fingerprint density at radius 3 is 2.81 bits per heavy atom. The van der Waals surface area contributed by atoms with E-state index in [9.17, 15) is 4.39 Å². The second-order valence-electron chi connectivity index (χ2n) is 4.41. The number of benzene rings is 2. The molecule has 104 valence electrons. The summed E-state index contributed by atoms with van der Waals surface area (Å²) in [4.78, 5) is 4.39. The zero-order valence-corrected chi connectivity index (χ0v) is 13.0. The molecule has 2 aromatic carbocycles. The maximum absolute atomic E-state index is 14.2. The van der Waals surface area contributed by atoms with Crippen molar-refractivity contribution in [2.24, 2.45) is 0 Å². The van der Waals surface area contributed by atoms with Crippen LogP contribution in [0.4, 0.5) is 4.39 Å². The summed E-state index contributed by atoms with van der Waals surface area (Å²) in [6, 6.07) is 11.8. The Hall–Kier alpha value is -1.90. The number of halogens is 3. The molecule has 1 aromatic heterocycles. The molecular weight excluding hydrogens is 357 g/mol. The summed E-state index contributed by atoms with van der Waals surface area (Å²) in [5.41, 5.74) is 2.16. The molecule has 3 nitrogen and oxygen atoms in total. The molecule has 0 unspecified atom stereocenters. The lowest BCUT2D eigenvalue weighted by Crippen LogP contribution is -2.02. The topological polar surface area (TPSA) is 41.6 Å². The van der Waals surface area contributed by atoms with Gasteiger partial charge in [0.05, 0.1) is 34.2 Å². The van der Waals surface area contributed by atoms with Crippen LogP contribution < -0.4 is 0 Å². The zero-order valence-electron chi connectivity index (χ0n) is 10.6. The molecule has 0 atom stereocenters. The van der Waals surface area contributed by atoms with Gasteiger partial charge in [-0.15, -0.1) is 11.6 Å². The molecular formula is C15H8BrClFN3. The van der Waals surface area contributed by atoms with Gasteiger partial charge in [-0.05, 0) is 36.4 Å². The number of nitriles is 1. The van der Waals surface area contributed by atoms with Crippen molar-refractivity contribution in [1.29, 1.82) is 5.26 Å². The number of rotatable bonds is 2. The Morgan fingerprint density at radius 1 is 1.29 bits per heavy atom. The van der Waals surface area contributed by atoms with E-state index in [0.29, 0.717) is 28.1 Å². The summed E-state index contributed by atoms with van der Waals surface area (Å²) in [5, 5.41) is 9.03. The number of aromatic nitrogens is 2. The van der Waals surface area contributed by atoms with Crippen LogP contribution in [0, 0.1) is 17.1 Å². The van der Waals surface area contributed by atoms with E-state index in [2.05, 4.69) is 27.0 Å². The minimum absolute atomic E-state index is 0.141. The van der Waals surface area contributed by atoms with Crippen LogP contribution >= 0.6 is 27.5 Å². The second kappa shape index (κ2) is 5.47. The van der Waals surface area contributed by atoms with Crippen LogP contribution in [0.2, 0.25) is 0 Å². The van der Waals surface area contributed by atoms with Gasteiger partial charge in [-0.2, -0.15) is 5.26 Å². The van der Waals surface area contributed by atoms with Crippen LogP contribution in [0.1, 0.15) is 11.4 Å². The molecule has 6 heteroatoms. The predicted octanol–water partition coefficient (Wildman–Crippen LogP) is 4.54. The van der Waals surface area contributed by atoms with Gasteiger partial charge in [0.2, 0.25) is 0 Å². The summed E-state index contributed by atoms with van der Waals surface area (Å²) in [7, 11) is 0. The highest BCUT2D eigenvalue weighted by molar-refractivity contribution is 9.10. The van der Waals surface area contributed by atoms with Crippen LogP contribution in [0.25, 0.3) is 16.7 Å². The molecule has 0 saturated carbocycles. The van der Waals surface area contributed by atoms with Crippen LogP contribution in [0.15, 0.2) is 40.9 Å². The molecule has 3 rings (SSSR count). The van der Waals surface area contributed by atoms with E-state index in [1.165, 1.54) is 6.07 Å². The molecule has 0 spiro atoms. The molecule has 1 heterocycles. The first-order chi connectivity index (χ1) is 10.1. The maximum atomic E-state index is 14.2. The minimum Gasteiger partial charge on any atom is -0.292 e. The van der Waals surface area contributed by atoms with E-state index >= 15 is 0 Å². The third-order valence-corrected chi connectivity index (χ3v) is 3.85. The molecule has 0 fully saturated rings. The Balaban J connectivity index is 2.39. The maximum Gasteiger partial charge on any atom is 0.147 e. The third-order valence-electron chi connectivity index (χ3n) is 3.12. The highest BCUT2D eigenvalue weighted by Gasteiger charge is 2.15. The summed E-state index contributed by atoms with van der Waals surface area (Å²) in [6.45, 7) is 0. The molecule has 0 aliphatic carbocycles. The number of nitrogens with zero attached hydrogens (tertiary/aromatic N) is 3. The van der Waals surface area contributed by atoms with Gasteiger partial charge in [0.1, 0.15) is 11.6 Å². The van der Waals surface area contributed by atoms with Crippen molar-refractivity contribution in [2.75, 3.05) is 0 Å². The van der Waals surface area contributed by atoms with E-state index < -0.39 is 0 Å². The standard InChI is InChI=1S/C15H8BrClFN3/c16-10-2-3-11(18)13(6-10)21-14-5-9(8-19)1-4-12(14)20-15(21)7-17/h1-6H,7H2. The largest absolute Gasteiger partial charge is 0.292 e. The van der Waals surface area contributed by atoms with Crippen LogP contribution in [0.5, 0.6) is 0 Å². The first kappa shape index (κ1) is 14.1. The lowest BCUT2D eigenvalue weighted by molar-refractivity contribution is 0.617. The Labute approximate surface area is 133 Å². The minimum atomic E-state index is -0.383. The molecule has 0 amide bonds. The Morgan fingerprint density at radius 2 is 2.10 bits per heavy atom. The van der Waals surface area contributed by atoms with E-state index in [-0.39, 0.29) is 11.7 Å². The average Bonchev–Trinajstić information content (AvgIpc) is 2.87. The van der Waals surface area contributed by atoms with Crippen LogP contribution in [0.3, 0.4) is 0 Å². The van der Waals surface area contributed by atoms with E-state index in [4.69, 9.17) is 16.9 Å². The summed E-state index contributed by atoms with van der Waals surface area (Å²) >= 11 is 9.27. The summed E-state index contributed by atoms with van der Waals surface area (Å²) in [5.74, 6) is 0.285.